The molecule has 0 aromatic heterocycles. The lowest BCUT2D eigenvalue weighted by Crippen LogP contribution is -2.34. The molecule has 2 aromatic carbocycles. The SMILES string of the molecule is C\C=C/N=C1\C(=C\N2CCCCC2)N=C(c2ccc(C#N)c(F)c2)N1c1ccc(N2CC3COCC3C2)cc1F. The van der Waals surface area contributed by atoms with Crippen LogP contribution in [0.15, 0.2) is 70.6 Å². The van der Waals surface area contributed by atoms with E-state index in [-0.39, 0.29) is 11.3 Å². The van der Waals surface area contributed by atoms with E-state index in [9.17, 15) is 9.65 Å². The van der Waals surface area contributed by atoms with Crippen molar-refractivity contribution in [3.63, 3.8) is 0 Å². The number of fused-ring (bicyclic) bond motifs is 1. The lowest BCUT2D eigenvalue weighted by Gasteiger charge is -2.26. The maximum atomic E-state index is 16.0. The van der Waals surface area contributed by atoms with Crippen molar-refractivity contribution in [1.29, 1.82) is 5.26 Å². The molecule has 40 heavy (non-hydrogen) atoms. The number of aliphatic imine (C=N–C) groups is 2. The molecule has 0 radical (unpaired) electrons. The second-order valence-corrected chi connectivity index (χ2v) is 10.7. The van der Waals surface area contributed by atoms with E-state index in [1.807, 2.05) is 25.3 Å². The smallest absolute Gasteiger partial charge is 0.166 e. The second-order valence-electron chi connectivity index (χ2n) is 10.7. The maximum absolute atomic E-state index is 16.0. The van der Waals surface area contributed by atoms with Gasteiger partial charge < -0.3 is 14.5 Å². The van der Waals surface area contributed by atoms with Crippen molar-refractivity contribution in [2.45, 2.75) is 26.2 Å². The van der Waals surface area contributed by atoms with E-state index < -0.39 is 11.6 Å². The van der Waals surface area contributed by atoms with E-state index in [4.69, 9.17) is 9.73 Å². The number of likely N-dealkylation sites (tertiary alicyclic amines) is 1. The molecule has 0 bridgehead atoms. The Morgan fingerprint density at radius 1 is 1.02 bits per heavy atom. The summed E-state index contributed by atoms with van der Waals surface area (Å²) in [6.07, 6.45) is 8.80. The molecule has 0 aliphatic carbocycles. The van der Waals surface area contributed by atoms with Crippen LogP contribution in [-0.4, -0.2) is 56.0 Å². The van der Waals surface area contributed by atoms with Gasteiger partial charge in [-0.2, -0.15) is 5.26 Å². The van der Waals surface area contributed by atoms with E-state index in [1.54, 1.807) is 35.4 Å². The molecule has 6 rings (SSSR count). The van der Waals surface area contributed by atoms with E-state index in [1.165, 1.54) is 18.6 Å². The monoisotopic (exact) mass is 542 g/mol. The minimum absolute atomic E-state index is 0.0582. The topological polar surface area (TPSA) is 67.5 Å². The lowest BCUT2D eigenvalue weighted by atomic mass is 10.0. The summed E-state index contributed by atoms with van der Waals surface area (Å²) in [6.45, 7) is 6.88. The highest BCUT2D eigenvalue weighted by molar-refractivity contribution is 6.34. The first kappa shape index (κ1) is 26.2. The third kappa shape index (κ3) is 5.00. The first-order chi connectivity index (χ1) is 19.6. The molecular weight excluding hydrogens is 510 g/mol. The van der Waals surface area contributed by atoms with Crippen molar-refractivity contribution < 1.29 is 13.5 Å². The number of rotatable bonds is 5. The van der Waals surface area contributed by atoms with Crippen molar-refractivity contribution in [2.75, 3.05) is 49.2 Å². The van der Waals surface area contributed by atoms with Gasteiger partial charge in [0.25, 0.3) is 0 Å². The van der Waals surface area contributed by atoms with Gasteiger partial charge in [0.1, 0.15) is 29.2 Å². The van der Waals surface area contributed by atoms with Crippen LogP contribution in [0.3, 0.4) is 0 Å². The standard InChI is InChI=1S/C31H32F2N6O/c1-2-10-35-31-28(18-37-11-4-3-5-12-37)36-30(21-6-7-22(15-34)26(32)13-21)39(31)29-9-8-25(14-27(29)33)38-16-23-19-40-20-24(23)17-38/h2,6-10,13-14,18,23-24H,3-5,11-12,16-17,19-20H2,1H3/b10-2-,28-18-,35-31+. The molecule has 4 aliphatic heterocycles. The highest BCUT2D eigenvalue weighted by Gasteiger charge is 2.38. The van der Waals surface area contributed by atoms with E-state index >= 15 is 4.39 Å². The summed E-state index contributed by atoms with van der Waals surface area (Å²) in [5.41, 5.74) is 2.06. The number of allylic oxidation sites excluding steroid dienone is 1. The maximum Gasteiger partial charge on any atom is 0.166 e. The van der Waals surface area contributed by atoms with E-state index in [0.717, 1.165) is 57.9 Å². The third-order valence-corrected chi connectivity index (χ3v) is 8.05. The fourth-order valence-corrected chi connectivity index (χ4v) is 5.94. The first-order valence-electron chi connectivity index (χ1n) is 13.9. The summed E-state index contributed by atoms with van der Waals surface area (Å²) in [5, 5.41) is 9.24. The Morgan fingerprint density at radius 2 is 1.80 bits per heavy atom. The Bertz CT molecular complexity index is 1440. The summed E-state index contributed by atoms with van der Waals surface area (Å²) in [7, 11) is 0. The summed E-state index contributed by atoms with van der Waals surface area (Å²) in [5.74, 6) is 0.710. The van der Waals surface area contributed by atoms with Gasteiger partial charge >= 0.3 is 0 Å². The van der Waals surface area contributed by atoms with Crippen LogP contribution in [0, 0.1) is 34.8 Å². The Hall–Kier alpha value is -4.03. The number of anilines is 2. The highest BCUT2D eigenvalue weighted by atomic mass is 19.1. The largest absolute Gasteiger partial charge is 0.381 e. The van der Waals surface area contributed by atoms with Crippen molar-refractivity contribution in [2.24, 2.45) is 21.8 Å². The molecule has 0 amide bonds. The Balaban J connectivity index is 1.42. The molecule has 4 heterocycles. The summed E-state index contributed by atoms with van der Waals surface area (Å²) >= 11 is 0. The van der Waals surface area contributed by atoms with E-state index in [0.29, 0.717) is 34.8 Å². The average Bonchev–Trinajstić information content (AvgIpc) is 3.67. The second kappa shape index (κ2) is 11.2. The van der Waals surface area contributed by atoms with Crippen LogP contribution >= 0.6 is 0 Å². The van der Waals surface area contributed by atoms with Gasteiger partial charge in [0.15, 0.2) is 5.84 Å². The molecule has 3 fully saturated rings. The minimum Gasteiger partial charge on any atom is -0.381 e. The zero-order valence-electron chi connectivity index (χ0n) is 22.6. The molecular formula is C31H32F2N6O. The predicted octanol–water partition coefficient (Wildman–Crippen LogP) is 5.45. The fourth-order valence-electron chi connectivity index (χ4n) is 5.94. The number of hydrogen-bond donors (Lipinski definition) is 0. The minimum atomic E-state index is -0.651. The quantitative estimate of drug-likeness (QED) is 0.503. The van der Waals surface area contributed by atoms with Gasteiger partial charge in [-0.1, -0.05) is 6.08 Å². The number of amidine groups is 2. The normalized spacial score (nSPS) is 24.9. The van der Waals surface area contributed by atoms with Crippen LogP contribution in [0.5, 0.6) is 0 Å². The Labute approximate surface area is 233 Å². The molecule has 4 aliphatic rings. The lowest BCUT2D eigenvalue weighted by molar-refractivity contribution is 0.177. The molecule has 3 saturated heterocycles. The molecule has 9 heteroatoms. The molecule has 2 atom stereocenters. The number of piperidine rings is 1. The molecule has 0 spiro atoms. The van der Waals surface area contributed by atoms with Crippen LogP contribution in [-0.2, 0) is 4.74 Å². The molecule has 2 unspecified atom stereocenters. The van der Waals surface area contributed by atoms with Gasteiger partial charge in [-0.25, -0.2) is 18.8 Å². The van der Waals surface area contributed by atoms with Crippen LogP contribution < -0.4 is 9.80 Å². The van der Waals surface area contributed by atoms with Crippen LogP contribution in [0.4, 0.5) is 20.2 Å². The van der Waals surface area contributed by atoms with Crippen LogP contribution in [0.2, 0.25) is 0 Å². The average molecular weight is 543 g/mol. The Kier molecular flexibility index (Phi) is 7.35. The van der Waals surface area contributed by atoms with Gasteiger partial charge in [-0.15, -0.1) is 0 Å². The highest BCUT2D eigenvalue weighted by Crippen LogP contribution is 2.36. The van der Waals surface area contributed by atoms with Gasteiger partial charge in [0, 0.05) is 61.7 Å². The van der Waals surface area contributed by atoms with Gasteiger partial charge in [-0.3, -0.25) is 4.90 Å². The number of nitrogens with zero attached hydrogens (tertiary/aromatic N) is 6. The van der Waals surface area contributed by atoms with Crippen LogP contribution in [0.25, 0.3) is 0 Å². The number of halogens is 2. The van der Waals surface area contributed by atoms with E-state index in [2.05, 4.69) is 14.8 Å². The van der Waals surface area contributed by atoms with Crippen molar-refractivity contribution >= 4 is 23.0 Å². The first-order valence-corrected chi connectivity index (χ1v) is 13.9. The zero-order chi connectivity index (χ0) is 27.6. The van der Waals surface area contributed by atoms with Gasteiger partial charge in [0.05, 0.1) is 24.5 Å². The van der Waals surface area contributed by atoms with Crippen molar-refractivity contribution in [3.8, 4) is 6.07 Å². The third-order valence-electron chi connectivity index (χ3n) is 8.05. The summed E-state index contributed by atoms with van der Waals surface area (Å²) < 4.78 is 36.4. The van der Waals surface area contributed by atoms with Crippen molar-refractivity contribution in [1.82, 2.24) is 4.90 Å². The molecule has 0 saturated carbocycles. The number of hydrogen-bond acceptors (Lipinski definition) is 6. The zero-order valence-corrected chi connectivity index (χ0v) is 22.6. The van der Waals surface area contributed by atoms with Gasteiger partial charge in [0.2, 0.25) is 0 Å². The van der Waals surface area contributed by atoms with Crippen LogP contribution in [0.1, 0.15) is 37.3 Å². The van der Waals surface area contributed by atoms with Gasteiger partial charge in [-0.05, 0) is 62.6 Å². The summed E-state index contributed by atoms with van der Waals surface area (Å²) in [6, 6.07) is 11.4. The summed E-state index contributed by atoms with van der Waals surface area (Å²) in [4.78, 5) is 15.6. The number of nitriles is 1. The molecule has 0 N–H and O–H groups in total. The molecule has 7 nitrogen and oxygen atoms in total. The predicted molar refractivity (Wildman–Crippen MR) is 152 cm³/mol. The molecule has 2 aromatic rings. The Morgan fingerprint density at radius 3 is 2.48 bits per heavy atom. The fraction of sp³-hybridized carbons (Fsp3) is 0.387. The number of benzene rings is 2. The number of ether oxygens (including phenoxy) is 1. The molecule has 206 valence electrons. The van der Waals surface area contributed by atoms with Crippen molar-refractivity contribution in [3.05, 3.63) is 83.3 Å².